The van der Waals surface area contributed by atoms with Gasteiger partial charge >= 0.3 is 0 Å². The summed E-state index contributed by atoms with van der Waals surface area (Å²) in [5.74, 6) is 0. The van der Waals surface area contributed by atoms with Crippen molar-refractivity contribution in [2.75, 3.05) is 26.3 Å². The van der Waals surface area contributed by atoms with Crippen molar-refractivity contribution in [3.05, 3.63) is 0 Å². The van der Waals surface area contributed by atoms with Crippen LogP contribution in [-0.2, 0) is 4.74 Å². The molecule has 1 rings (SSSR count). The summed E-state index contributed by atoms with van der Waals surface area (Å²) < 4.78 is 5.57. The van der Waals surface area contributed by atoms with E-state index in [4.69, 9.17) is 9.84 Å². The molecule has 0 spiro atoms. The number of hydrogen-bond acceptors (Lipinski definition) is 3. The fraction of sp³-hybridized carbons (Fsp3) is 1.00. The first-order chi connectivity index (χ1) is 5.23. The zero-order valence-corrected chi connectivity index (χ0v) is 7.34. The van der Waals surface area contributed by atoms with Crippen LogP contribution in [0, 0.1) is 0 Å². The lowest BCUT2D eigenvalue weighted by Crippen LogP contribution is -2.43. The molecule has 66 valence electrons. The lowest BCUT2D eigenvalue weighted by Gasteiger charge is -2.32. The van der Waals surface area contributed by atoms with Crippen LogP contribution < -0.4 is 0 Å². The van der Waals surface area contributed by atoms with Crippen molar-refractivity contribution < 1.29 is 9.84 Å². The second-order valence-corrected chi connectivity index (χ2v) is 3.09. The SMILES string of the molecule is CCC1(C)OCCN1CCO. The Bertz CT molecular complexity index is 129. The summed E-state index contributed by atoms with van der Waals surface area (Å²) in [4.78, 5) is 2.19. The van der Waals surface area contributed by atoms with Gasteiger partial charge in [-0.3, -0.25) is 4.90 Å². The number of β-amino-alcohol motifs (C(OH)–C–C–N with tert-alkyl or cyclic N) is 1. The lowest BCUT2D eigenvalue weighted by molar-refractivity contribution is -0.0726. The molecule has 1 heterocycles. The average molecular weight is 159 g/mol. The first kappa shape index (κ1) is 8.97. The Morgan fingerprint density at radius 2 is 2.36 bits per heavy atom. The molecule has 1 aliphatic heterocycles. The average Bonchev–Trinajstić information content (AvgIpc) is 2.35. The van der Waals surface area contributed by atoms with Gasteiger partial charge in [0.15, 0.2) is 0 Å². The van der Waals surface area contributed by atoms with Crippen LogP contribution in [-0.4, -0.2) is 42.0 Å². The van der Waals surface area contributed by atoms with E-state index >= 15 is 0 Å². The van der Waals surface area contributed by atoms with E-state index in [0.29, 0.717) is 0 Å². The smallest absolute Gasteiger partial charge is 0.118 e. The van der Waals surface area contributed by atoms with Crippen molar-refractivity contribution in [3.63, 3.8) is 0 Å². The minimum absolute atomic E-state index is 0.122. The highest BCUT2D eigenvalue weighted by atomic mass is 16.5. The van der Waals surface area contributed by atoms with E-state index in [1.165, 1.54) is 0 Å². The van der Waals surface area contributed by atoms with Crippen LogP contribution in [0.25, 0.3) is 0 Å². The molecule has 3 heteroatoms. The second-order valence-electron chi connectivity index (χ2n) is 3.09. The highest BCUT2D eigenvalue weighted by Gasteiger charge is 2.35. The molecular formula is C8H17NO2. The van der Waals surface area contributed by atoms with Crippen LogP contribution in [0.1, 0.15) is 20.3 Å². The predicted octanol–water partition coefficient (Wildman–Crippen LogP) is 0.437. The number of aliphatic hydroxyl groups excluding tert-OH is 1. The third kappa shape index (κ3) is 1.72. The van der Waals surface area contributed by atoms with E-state index in [0.717, 1.165) is 26.1 Å². The van der Waals surface area contributed by atoms with E-state index in [-0.39, 0.29) is 12.3 Å². The van der Waals surface area contributed by atoms with Crippen LogP contribution in [0.3, 0.4) is 0 Å². The summed E-state index contributed by atoms with van der Waals surface area (Å²) in [5, 5.41) is 8.76. The highest BCUT2D eigenvalue weighted by molar-refractivity contribution is 4.80. The maximum atomic E-state index is 8.76. The molecule has 0 aliphatic carbocycles. The molecule has 0 saturated carbocycles. The first-order valence-corrected chi connectivity index (χ1v) is 4.23. The maximum absolute atomic E-state index is 8.76. The van der Waals surface area contributed by atoms with Gasteiger partial charge in [-0.05, 0) is 13.3 Å². The fourth-order valence-corrected chi connectivity index (χ4v) is 1.50. The van der Waals surface area contributed by atoms with E-state index in [9.17, 15) is 0 Å². The Balaban J connectivity index is 2.49. The van der Waals surface area contributed by atoms with Gasteiger partial charge < -0.3 is 9.84 Å². The Hall–Kier alpha value is -0.120. The van der Waals surface area contributed by atoms with Crippen molar-refractivity contribution >= 4 is 0 Å². The van der Waals surface area contributed by atoms with Crippen molar-refractivity contribution in [1.29, 1.82) is 0 Å². The van der Waals surface area contributed by atoms with Crippen molar-refractivity contribution in [3.8, 4) is 0 Å². The first-order valence-electron chi connectivity index (χ1n) is 4.23. The minimum Gasteiger partial charge on any atom is -0.395 e. The summed E-state index contributed by atoms with van der Waals surface area (Å²) in [6.07, 6.45) is 0.979. The van der Waals surface area contributed by atoms with Gasteiger partial charge in [-0.15, -0.1) is 0 Å². The van der Waals surface area contributed by atoms with E-state index < -0.39 is 0 Å². The van der Waals surface area contributed by atoms with Gasteiger partial charge in [0.1, 0.15) is 5.72 Å². The van der Waals surface area contributed by atoms with Crippen LogP contribution in [0.4, 0.5) is 0 Å². The van der Waals surface area contributed by atoms with Gasteiger partial charge in [-0.2, -0.15) is 0 Å². The summed E-state index contributed by atoms with van der Waals surface area (Å²) in [6.45, 7) is 6.88. The Kier molecular flexibility index (Phi) is 2.87. The number of aliphatic hydroxyl groups is 1. The molecule has 0 radical (unpaired) electrons. The molecular weight excluding hydrogens is 142 g/mol. The minimum atomic E-state index is -0.122. The van der Waals surface area contributed by atoms with Gasteiger partial charge in [-0.25, -0.2) is 0 Å². The summed E-state index contributed by atoms with van der Waals surface area (Å²) in [7, 11) is 0. The lowest BCUT2D eigenvalue weighted by atomic mass is 10.2. The number of hydrogen-bond donors (Lipinski definition) is 1. The van der Waals surface area contributed by atoms with Crippen LogP contribution in [0.2, 0.25) is 0 Å². The van der Waals surface area contributed by atoms with Gasteiger partial charge in [0.05, 0.1) is 13.2 Å². The Morgan fingerprint density at radius 3 is 2.91 bits per heavy atom. The molecule has 0 bridgehead atoms. The van der Waals surface area contributed by atoms with E-state index in [2.05, 4.69) is 18.7 Å². The van der Waals surface area contributed by atoms with Crippen LogP contribution >= 0.6 is 0 Å². The molecule has 1 N–H and O–H groups in total. The fourth-order valence-electron chi connectivity index (χ4n) is 1.50. The molecule has 1 unspecified atom stereocenters. The molecule has 0 aromatic heterocycles. The monoisotopic (exact) mass is 159 g/mol. The predicted molar refractivity (Wildman–Crippen MR) is 43.3 cm³/mol. The van der Waals surface area contributed by atoms with E-state index in [1.54, 1.807) is 0 Å². The largest absolute Gasteiger partial charge is 0.395 e. The normalized spacial score (nSPS) is 33.0. The quantitative estimate of drug-likeness (QED) is 0.648. The molecule has 1 fully saturated rings. The van der Waals surface area contributed by atoms with Gasteiger partial charge in [-0.1, -0.05) is 6.92 Å². The van der Waals surface area contributed by atoms with Gasteiger partial charge in [0.25, 0.3) is 0 Å². The molecule has 0 aromatic carbocycles. The molecule has 0 amide bonds. The molecule has 11 heavy (non-hydrogen) atoms. The summed E-state index contributed by atoms with van der Waals surface area (Å²) in [6, 6.07) is 0. The molecule has 3 nitrogen and oxygen atoms in total. The van der Waals surface area contributed by atoms with Crippen molar-refractivity contribution in [1.82, 2.24) is 4.90 Å². The third-order valence-electron chi connectivity index (χ3n) is 2.47. The zero-order valence-electron chi connectivity index (χ0n) is 7.34. The number of rotatable bonds is 3. The Morgan fingerprint density at radius 1 is 1.64 bits per heavy atom. The summed E-state index contributed by atoms with van der Waals surface area (Å²) >= 11 is 0. The van der Waals surface area contributed by atoms with Crippen LogP contribution in [0.15, 0.2) is 0 Å². The van der Waals surface area contributed by atoms with Crippen molar-refractivity contribution in [2.45, 2.75) is 26.0 Å². The van der Waals surface area contributed by atoms with E-state index in [1.807, 2.05) is 0 Å². The highest BCUT2D eigenvalue weighted by Crippen LogP contribution is 2.25. The number of ether oxygens (including phenoxy) is 1. The topological polar surface area (TPSA) is 32.7 Å². The second kappa shape index (κ2) is 3.52. The zero-order chi connectivity index (χ0) is 8.32. The van der Waals surface area contributed by atoms with Gasteiger partial charge in [0.2, 0.25) is 0 Å². The maximum Gasteiger partial charge on any atom is 0.118 e. The van der Waals surface area contributed by atoms with Crippen LogP contribution in [0.5, 0.6) is 0 Å². The molecule has 1 saturated heterocycles. The van der Waals surface area contributed by atoms with Crippen molar-refractivity contribution in [2.24, 2.45) is 0 Å². The summed E-state index contributed by atoms with van der Waals surface area (Å²) in [5.41, 5.74) is -0.122. The number of nitrogens with zero attached hydrogens (tertiary/aromatic N) is 1. The third-order valence-corrected chi connectivity index (χ3v) is 2.47. The Labute approximate surface area is 68.0 Å². The molecule has 1 atom stereocenters. The standard InChI is InChI=1S/C8H17NO2/c1-3-8(2)9(4-6-10)5-7-11-8/h10H,3-7H2,1-2H3. The van der Waals surface area contributed by atoms with Gasteiger partial charge in [0, 0.05) is 13.1 Å². The molecule has 0 aromatic rings. The molecule has 1 aliphatic rings.